The summed E-state index contributed by atoms with van der Waals surface area (Å²) in [5.74, 6) is 0.183. The van der Waals surface area contributed by atoms with Crippen molar-refractivity contribution >= 4 is 5.91 Å². The molecule has 1 N–H and O–H groups in total. The predicted octanol–water partition coefficient (Wildman–Crippen LogP) is 1.42. The summed E-state index contributed by atoms with van der Waals surface area (Å²) >= 11 is 0. The maximum Gasteiger partial charge on any atom is 0.220 e. The monoisotopic (exact) mass is 320 g/mol. The lowest BCUT2D eigenvalue weighted by atomic mass is 10.0. The van der Waals surface area contributed by atoms with Gasteiger partial charge in [0.1, 0.15) is 0 Å². The topological polar surface area (TPSA) is 59.4 Å². The quantitative estimate of drug-likeness (QED) is 0.825. The number of aromatic nitrogens is 2. The van der Waals surface area contributed by atoms with E-state index in [1.807, 2.05) is 10.8 Å². The van der Waals surface area contributed by atoms with Gasteiger partial charge < -0.3 is 19.5 Å². The Balaban J connectivity index is 1.28. The number of hydrogen-bond acceptors (Lipinski definition) is 4. The van der Waals surface area contributed by atoms with Gasteiger partial charge in [0.2, 0.25) is 5.91 Å². The van der Waals surface area contributed by atoms with E-state index >= 15 is 0 Å². The minimum atomic E-state index is 0.183. The van der Waals surface area contributed by atoms with Crippen molar-refractivity contribution in [2.24, 2.45) is 0 Å². The highest BCUT2D eigenvalue weighted by molar-refractivity contribution is 5.76. The lowest BCUT2D eigenvalue weighted by Crippen LogP contribution is -2.46. The zero-order chi connectivity index (χ0) is 15.9. The molecule has 2 saturated heterocycles. The van der Waals surface area contributed by atoms with Crippen molar-refractivity contribution in [3.05, 3.63) is 18.7 Å². The molecule has 0 aliphatic carbocycles. The summed E-state index contributed by atoms with van der Waals surface area (Å²) in [6, 6.07) is 0.344. The van der Waals surface area contributed by atoms with Crippen molar-refractivity contribution in [1.82, 2.24) is 19.8 Å². The third-order valence-corrected chi connectivity index (χ3v) is 4.82. The second-order valence-corrected chi connectivity index (χ2v) is 6.68. The Morgan fingerprint density at radius 1 is 1.30 bits per heavy atom. The molecule has 2 aliphatic heterocycles. The summed E-state index contributed by atoms with van der Waals surface area (Å²) in [5.41, 5.74) is 0. The molecule has 2 fully saturated rings. The number of likely N-dealkylation sites (tertiary alicyclic amines) is 1. The van der Waals surface area contributed by atoms with E-state index in [1.165, 1.54) is 12.8 Å². The molecule has 0 saturated carbocycles. The smallest absolute Gasteiger partial charge is 0.220 e. The standard InChI is InChI=1S/C17H28N4O2/c22-17(4-1-8-21-11-7-18-14-21)19-15-5-9-20(10-6-15)13-16-3-2-12-23-16/h7,11,14-16H,1-6,8-10,12-13H2,(H,19,22)/t16-/m1/s1. The van der Waals surface area contributed by atoms with E-state index in [2.05, 4.69) is 15.2 Å². The number of amides is 1. The van der Waals surface area contributed by atoms with Crippen LogP contribution in [0.15, 0.2) is 18.7 Å². The van der Waals surface area contributed by atoms with Crippen LogP contribution in [-0.4, -0.2) is 58.7 Å². The summed E-state index contributed by atoms with van der Waals surface area (Å²) < 4.78 is 7.71. The first kappa shape index (κ1) is 16.5. The Morgan fingerprint density at radius 2 is 2.17 bits per heavy atom. The fraction of sp³-hybridized carbons (Fsp3) is 0.765. The van der Waals surface area contributed by atoms with Crippen LogP contribution in [0.4, 0.5) is 0 Å². The highest BCUT2D eigenvalue weighted by atomic mass is 16.5. The van der Waals surface area contributed by atoms with Crippen molar-refractivity contribution in [2.45, 2.75) is 57.2 Å². The average Bonchev–Trinajstić information content (AvgIpc) is 3.23. The third kappa shape index (κ3) is 5.32. The summed E-state index contributed by atoms with van der Waals surface area (Å²) in [7, 11) is 0. The molecule has 23 heavy (non-hydrogen) atoms. The molecule has 2 aliphatic rings. The van der Waals surface area contributed by atoms with E-state index in [9.17, 15) is 4.79 Å². The van der Waals surface area contributed by atoms with E-state index in [4.69, 9.17) is 4.74 Å². The third-order valence-electron chi connectivity index (χ3n) is 4.82. The number of ether oxygens (including phenoxy) is 1. The number of carbonyl (C=O) groups excluding carboxylic acids is 1. The van der Waals surface area contributed by atoms with Crippen LogP contribution in [0.5, 0.6) is 0 Å². The summed E-state index contributed by atoms with van der Waals surface area (Å²) in [6.45, 7) is 4.98. The van der Waals surface area contributed by atoms with Gasteiger partial charge in [-0.2, -0.15) is 0 Å². The van der Waals surface area contributed by atoms with Crippen LogP contribution >= 0.6 is 0 Å². The van der Waals surface area contributed by atoms with Gasteiger partial charge in [0, 0.05) is 57.6 Å². The molecule has 0 aromatic carbocycles. The molecular weight excluding hydrogens is 292 g/mol. The molecule has 0 spiro atoms. The Kier molecular flexibility index (Phi) is 6.05. The van der Waals surface area contributed by atoms with Gasteiger partial charge in [-0.1, -0.05) is 0 Å². The van der Waals surface area contributed by atoms with Gasteiger partial charge >= 0.3 is 0 Å². The van der Waals surface area contributed by atoms with Crippen LogP contribution in [0.25, 0.3) is 0 Å². The molecule has 1 amide bonds. The second kappa shape index (κ2) is 8.45. The molecule has 0 radical (unpaired) electrons. The number of piperidine rings is 1. The number of imidazole rings is 1. The van der Waals surface area contributed by atoms with Gasteiger partial charge in [0.25, 0.3) is 0 Å². The number of rotatable bonds is 7. The minimum absolute atomic E-state index is 0.183. The maximum absolute atomic E-state index is 12.0. The number of aryl methyl sites for hydroxylation is 1. The number of carbonyl (C=O) groups is 1. The molecule has 3 rings (SSSR count). The van der Waals surface area contributed by atoms with Crippen LogP contribution in [0, 0.1) is 0 Å². The average molecular weight is 320 g/mol. The molecule has 6 nitrogen and oxygen atoms in total. The molecular formula is C17H28N4O2. The van der Waals surface area contributed by atoms with Gasteiger partial charge in [0.05, 0.1) is 12.4 Å². The van der Waals surface area contributed by atoms with Crippen LogP contribution in [0.1, 0.15) is 38.5 Å². The van der Waals surface area contributed by atoms with Crippen molar-refractivity contribution in [1.29, 1.82) is 0 Å². The Bertz CT molecular complexity index is 463. The maximum atomic E-state index is 12.0. The van der Waals surface area contributed by atoms with Crippen molar-refractivity contribution in [2.75, 3.05) is 26.2 Å². The van der Waals surface area contributed by atoms with Crippen molar-refractivity contribution in [3.63, 3.8) is 0 Å². The van der Waals surface area contributed by atoms with Gasteiger partial charge in [-0.3, -0.25) is 4.79 Å². The van der Waals surface area contributed by atoms with E-state index in [1.54, 1.807) is 12.5 Å². The summed E-state index contributed by atoms with van der Waals surface area (Å²) in [4.78, 5) is 18.5. The summed E-state index contributed by atoms with van der Waals surface area (Å²) in [5, 5.41) is 3.19. The van der Waals surface area contributed by atoms with Crippen LogP contribution in [-0.2, 0) is 16.1 Å². The van der Waals surface area contributed by atoms with Gasteiger partial charge in [-0.05, 0) is 32.1 Å². The van der Waals surface area contributed by atoms with E-state index in [0.717, 1.165) is 52.0 Å². The summed E-state index contributed by atoms with van der Waals surface area (Å²) in [6.07, 6.45) is 11.9. The van der Waals surface area contributed by atoms with E-state index < -0.39 is 0 Å². The fourth-order valence-electron chi connectivity index (χ4n) is 3.48. The van der Waals surface area contributed by atoms with E-state index in [0.29, 0.717) is 18.6 Å². The van der Waals surface area contributed by atoms with Crippen molar-refractivity contribution < 1.29 is 9.53 Å². The van der Waals surface area contributed by atoms with Gasteiger partial charge in [0.15, 0.2) is 0 Å². The predicted molar refractivity (Wildman–Crippen MR) is 88.0 cm³/mol. The highest BCUT2D eigenvalue weighted by Gasteiger charge is 2.24. The Labute approximate surface area is 138 Å². The molecule has 0 unspecified atom stereocenters. The fourth-order valence-corrected chi connectivity index (χ4v) is 3.48. The largest absolute Gasteiger partial charge is 0.377 e. The normalized spacial score (nSPS) is 23.2. The molecule has 6 heteroatoms. The molecule has 1 aromatic rings. The zero-order valence-electron chi connectivity index (χ0n) is 13.8. The number of nitrogens with zero attached hydrogens (tertiary/aromatic N) is 3. The van der Waals surface area contributed by atoms with Crippen LogP contribution in [0.2, 0.25) is 0 Å². The molecule has 3 heterocycles. The SMILES string of the molecule is O=C(CCCn1ccnc1)NC1CCN(C[C@H]2CCCO2)CC1. The number of nitrogens with one attached hydrogen (secondary N) is 1. The number of hydrogen-bond donors (Lipinski definition) is 1. The molecule has 128 valence electrons. The Morgan fingerprint density at radius 3 is 2.87 bits per heavy atom. The van der Waals surface area contributed by atoms with E-state index in [-0.39, 0.29) is 5.91 Å². The van der Waals surface area contributed by atoms with Crippen molar-refractivity contribution in [3.8, 4) is 0 Å². The van der Waals surface area contributed by atoms with Crippen LogP contribution < -0.4 is 5.32 Å². The Hall–Kier alpha value is -1.40. The molecule has 0 bridgehead atoms. The van der Waals surface area contributed by atoms with Gasteiger partial charge in [-0.15, -0.1) is 0 Å². The van der Waals surface area contributed by atoms with Crippen LogP contribution in [0.3, 0.4) is 0 Å². The first-order valence-electron chi connectivity index (χ1n) is 8.88. The molecule has 1 aromatic heterocycles. The zero-order valence-corrected chi connectivity index (χ0v) is 13.8. The van der Waals surface area contributed by atoms with Gasteiger partial charge in [-0.25, -0.2) is 4.98 Å². The first-order chi connectivity index (χ1) is 11.3. The first-order valence-corrected chi connectivity index (χ1v) is 8.88. The molecule has 1 atom stereocenters. The second-order valence-electron chi connectivity index (χ2n) is 6.68. The lowest BCUT2D eigenvalue weighted by molar-refractivity contribution is -0.122. The lowest BCUT2D eigenvalue weighted by Gasteiger charge is -2.33. The minimum Gasteiger partial charge on any atom is -0.377 e. The highest BCUT2D eigenvalue weighted by Crippen LogP contribution is 2.17.